The molecule has 2 aliphatic heterocycles. The highest BCUT2D eigenvalue weighted by atomic mass is 16.5. The van der Waals surface area contributed by atoms with Gasteiger partial charge in [0.15, 0.2) is 5.43 Å². The summed E-state index contributed by atoms with van der Waals surface area (Å²) in [7, 11) is 3.15. The van der Waals surface area contributed by atoms with Gasteiger partial charge in [-0.3, -0.25) is 14.5 Å². The van der Waals surface area contributed by atoms with E-state index in [4.69, 9.17) is 18.6 Å². The first-order valence-electron chi connectivity index (χ1n) is 11.0. The van der Waals surface area contributed by atoms with Crippen molar-refractivity contribution in [3.63, 3.8) is 0 Å². The summed E-state index contributed by atoms with van der Waals surface area (Å²) in [4.78, 5) is 31.1. The van der Waals surface area contributed by atoms with Crippen LogP contribution < -0.4 is 14.9 Å². The summed E-state index contributed by atoms with van der Waals surface area (Å²) in [5, 5.41) is 0.427. The summed E-state index contributed by atoms with van der Waals surface area (Å²) in [6, 6.07) is 12.0. The predicted octanol–water partition coefficient (Wildman–Crippen LogP) is 2.69. The molecule has 2 aromatic carbocycles. The maximum Gasteiger partial charge on any atom is 0.290 e. The van der Waals surface area contributed by atoms with Crippen LogP contribution >= 0.6 is 0 Å². The number of ether oxygens (including phenoxy) is 3. The van der Waals surface area contributed by atoms with Gasteiger partial charge in [0, 0.05) is 32.2 Å². The summed E-state index contributed by atoms with van der Waals surface area (Å²) in [6.07, 6.45) is 0. The maximum atomic E-state index is 13.6. The zero-order valence-corrected chi connectivity index (χ0v) is 18.7. The normalized spacial score (nSPS) is 18.5. The van der Waals surface area contributed by atoms with Gasteiger partial charge in [0.25, 0.3) is 5.91 Å². The van der Waals surface area contributed by atoms with Crippen molar-refractivity contribution in [1.82, 2.24) is 9.80 Å². The van der Waals surface area contributed by atoms with Crippen LogP contribution in [-0.2, 0) is 4.74 Å². The molecule has 33 heavy (non-hydrogen) atoms. The number of carbonyl (C=O) groups is 1. The van der Waals surface area contributed by atoms with Gasteiger partial charge >= 0.3 is 0 Å². The number of hydrogen-bond acceptors (Lipinski definition) is 7. The van der Waals surface area contributed by atoms with E-state index in [1.54, 1.807) is 37.3 Å². The van der Waals surface area contributed by atoms with Crippen LogP contribution in [0.2, 0.25) is 0 Å². The number of benzene rings is 2. The second kappa shape index (κ2) is 8.88. The van der Waals surface area contributed by atoms with Crippen molar-refractivity contribution in [1.29, 1.82) is 0 Å². The van der Waals surface area contributed by atoms with Crippen LogP contribution in [0, 0.1) is 0 Å². The molecule has 1 atom stereocenters. The molecule has 1 fully saturated rings. The molecule has 1 aromatic heterocycles. The number of amides is 1. The van der Waals surface area contributed by atoms with E-state index in [9.17, 15) is 9.59 Å². The Bertz CT molecular complexity index is 1230. The quantitative estimate of drug-likeness (QED) is 0.571. The number of rotatable bonds is 6. The topological polar surface area (TPSA) is 81.5 Å². The fourth-order valence-electron chi connectivity index (χ4n) is 4.56. The highest BCUT2D eigenvalue weighted by molar-refractivity contribution is 5.99. The molecule has 0 bridgehead atoms. The molecule has 0 radical (unpaired) electrons. The number of carbonyl (C=O) groups excluding carboxylic acids is 1. The smallest absolute Gasteiger partial charge is 0.290 e. The Labute approximate surface area is 191 Å². The third-order valence-corrected chi connectivity index (χ3v) is 6.37. The molecule has 0 aliphatic carbocycles. The van der Waals surface area contributed by atoms with E-state index in [1.165, 1.54) is 0 Å². The summed E-state index contributed by atoms with van der Waals surface area (Å²) in [6.45, 7) is 4.18. The van der Waals surface area contributed by atoms with Crippen molar-refractivity contribution >= 4 is 16.9 Å². The van der Waals surface area contributed by atoms with Gasteiger partial charge in [0.2, 0.25) is 5.76 Å². The van der Waals surface area contributed by atoms with Crippen LogP contribution in [0.25, 0.3) is 11.0 Å². The minimum Gasteiger partial charge on any atom is -0.497 e. The van der Waals surface area contributed by atoms with Gasteiger partial charge < -0.3 is 23.5 Å². The second-order valence-corrected chi connectivity index (χ2v) is 8.16. The van der Waals surface area contributed by atoms with E-state index in [0.717, 1.165) is 18.7 Å². The van der Waals surface area contributed by atoms with Gasteiger partial charge in [0.1, 0.15) is 17.1 Å². The molecular weight excluding hydrogens is 424 g/mol. The third kappa shape index (κ3) is 3.85. The fourth-order valence-corrected chi connectivity index (χ4v) is 4.56. The Hall–Kier alpha value is -3.36. The van der Waals surface area contributed by atoms with Gasteiger partial charge in [-0.05, 0) is 29.8 Å². The van der Waals surface area contributed by atoms with Gasteiger partial charge in [-0.25, -0.2) is 0 Å². The molecule has 2 aliphatic rings. The van der Waals surface area contributed by atoms with Crippen LogP contribution in [0.4, 0.5) is 0 Å². The lowest BCUT2D eigenvalue weighted by atomic mass is 9.98. The van der Waals surface area contributed by atoms with Gasteiger partial charge in [0.05, 0.1) is 44.4 Å². The first-order chi connectivity index (χ1) is 16.1. The minimum atomic E-state index is -0.526. The molecule has 172 valence electrons. The molecule has 8 heteroatoms. The number of fused-ring (bicyclic) bond motifs is 2. The average Bonchev–Trinajstić information content (AvgIpc) is 3.14. The Morgan fingerprint density at radius 2 is 1.64 bits per heavy atom. The van der Waals surface area contributed by atoms with Crippen molar-refractivity contribution in [2.24, 2.45) is 0 Å². The number of methoxy groups -OCH3 is 2. The molecule has 0 spiro atoms. The Kier molecular flexibility index (Phi) is 5.78. The van der Waals surface area contributed by atoms with Crippen molar-refractivity contribution in [2.75, 3.05) is 53.6 Å². The molecule has 3 aromatic rings. The van der Waals surface area contributed by atoms with E-state index in [0.29, 0.717) is 54.3 Å². The monoisotopic (exact) mass is 450 g/mol. The lowest BCUT2D eigenvalue weighted by Crippen LogP contribution is -2.42. The molecule has 1 amide bonds. The second-order valence-electron chi connectivity index (χ2n) is 8.16. The van der Waals surface area contributed by atoms with E-state index in [-0.39, 0.29) is 17.1 Å². The minimum absolute atomic E-state index is 0.101. The average molecular weight is 450 g/mol. The number of hydrogen-bond donors (Lipinski definition) is 0. The molecular formula is C25H26N2O6. The molecule has 1 saturated heterocycles. The Balaban J connectivity index is 1.59. The maximum absolute atomic E-state index is 13.6. The zero-order valence-electron chi connectivity index (χ0n) is 18.7. The summed E-state index contributed by atoms with van der Waals surface area (Å²) in [5.41, 5.74) is 1.36. The summed E-state index contributed by atoms with van der Waals surface area (Å²) >= 11 is 0. The van der Waals surface area contributed by atoms with Gasteiger partial charge in [-0.15, -0.1) is 0 Å². The molecule has 3 heterocycles. The standard InChI is InChI=1S/C25H26N2O6/c1-30-17-5-3-16(4-6-17)22-21-23(28)19-8-7-18(31-2)15-20(19)33-24(21)25(29)27(22)10-9-26-11-13-32-14-12-26/h3-8,15,22H,9-14H2,1-2H3/t22-/m1/s1. The van der Waals surface area contributed by atoms with E-state index < -0.39 is 6.04 Å². The van der Waals surface area contributed by atoms with Gasteiger partial charge in [-0.1, -0.05) is 12.1 Å². The van der Waals surface area contributed by atoms with E-state index in [1.807, 2.05) is 24.3 Å². The van der Waals surface area contributed by atoms with Crippen LogP contribution in [0.1, 0.15) is 27.7 Å². The molecule has 8 nitrogen and oxygen atoms in total. The molecule has 0 N–H and O–H groups in total. The van der Waals surface area contributed by atoms with Crippen molar-refractivity contribution < 1.29 is 23.4 Å². The van der Waals surface area contributed by atoms with Crippen LogP contribution in [0.5, 0.6) is 11.5 Å². The van der Waals surface area contributed by atoms with Gasteiger partial charge in [-0.2, -0.15) is 0 Å². The van der Waals surface area contributed by atoms with E-state index in [2.05, 4.69) is 4.90 Å². The van der Waals surface area contributed by atoms with Crippen LogP contribution in [-0.4, -0.2) is 69.3 Å². The first-order valence-corrected chi connectivity index (χ1v) is 11.0. The van der Waals surface area contributed by atoms with Crippen molar-refractivity contribution in [3.05, 3.63) is 69.6 Å². The molecule has 0 unspecified atom stereocenters. The van der Waals surface area contributed by atoms with Crippen molar-refractivity contribution in [3.8, 4) is 11.5 Å². The lowest BCUT2D eigenvalue weighted by Gasteiger charge is -2.31. The van der Waals surface area contributed by atoms with Crippen LogP contribution in [0.15, 0.2) is 51.7 Å². The van der Waals surface area contributed by atoms with Crippen LogP contribution in [0.3, 0.4) is 0 Å². The summed E-state index contributed by atoms with van der Waals surface area (Å²) < 4.78 is 22.0. The first kappa shape index (κ1) is 21.5. The Morgan fingerprint density at radius 3 is 2.33 bits per heavy atom. The Morgan fingerprint density at radius 1 is 0.939 bits per heavy atom. The summed E-state index contributed by atoms with van der Waals surface area (Å²) in [5.74, 6) is 1.09. The highest BCUT2D eigenvalue weighted by Gasteiger charge is 2.42. The fraction of sp³-hybridized carbons (Fsp3) is 0.360. The zero-order chi connectivity index (χ0) is 22.9. The lowest BCUT2D eigenvalue weighted by molar-refractivity contribution is 0.0314. The van der Waals surface area contributed by atoms with E-state index >= 15 is 0 Å². The number of morpholine rings is 1. The molecule has 0 saturated carbocycles. The third-order valence-electron chi connectivity index (χ3n) is 6.37. The highest BCUT2D eigenvalue weighted by Crippen LogP contribution is 2.38. The predicted molar refractivity (Wildman–Crippen MR) is 122 cm³/mol. The SMILES string of the molecule is COc1ccc([C@@H]2c3c(oc4cc(OC)ccc4c3=O)C(=O)N2CCN2CCOCC2)cc1. The molecule has 5 rings (SSSR count). The largest absolute Gasteiger partial charge is 0.497 e. The number of nitrogens with zero attached hydrogens (tertiary/aromatic N) is 2. The van der Waals surface area contributed by atoms with Crippen molar-refractivity contribution in [2.45, 2.75) is 6.04 Å².